The summed E-state index contributed by atoms with van der Waals surface area (Å²) in [5, 5.41) is 3.40. The molecule has 21 heavy (non-hydrogen) atoms. The highest BCUT2D eigenvalue weighted by atomic mass is 79.9. The van der Waals surface area contributed by atoms with Crippen molar-refractivity contribution in [2.24, 2.45) is 0 Å². The summed E-state index contributed by atoms with van der Waals surface area (Å²) in [4.78, 5) is 0. The van der Waals surface area contributed by atoms with Crippen LogP contribution >= 0.6 is 47.8 Å². The van der Waals surface area contributed by atoms with Crippen LogP contribution in [0.15, 0.2) is 49.8 Å². The van der Waals surface area contributed by atoms with Gasteiger partial charge in [-0.2, -0.15) is 0 Å². The maximum atomic E-state index is 5.94. The van der Waals surface area contributed by atoms with E-state index in [4.69, 9.17) is 4.74 Å². The lowest BCUT2D eigenvalue weighted by Crippen LogP contribution is -2.21. The third-order valence-corrected chi connectivity index (χ3v) is 4.56. The SMILES string of the molecule is CC(C)NCc1ccc(Oc2ccc(Br)cc2Br)c(Br)c1. The third kappa shape index (κ3) is 5.09. The molecule has 0 aliphatic rings. The van der Waals surface area contributed by atoms with Gasteiger partial charge >= 0.3 is 0 Å². The molecule has 0 fully saturated rings. The standard InChI is InChI=1S/C16H16Br3NO/c1-10(2)20-9-11-3-5-15(13(18)7-11)21-16-6-4-12(17)8-14(16)19/h3-8,10,20H,9H2,1-2H3. The summed E-state index contributed by atoms with van der Waals surface area (Å²) >= 11 is 10.5. The molecule has 0 amide bonds. The lowest BCUT2D eigenvalue weighted by molar-refractivity contribution is 0.476. The van der Waals surface area contributed by atoms with Gasteiger partial charge in [0.2, 0.25) is 0 Å². The van der Waals surface area contributed by atoms with Crippen LogP contribution in [-0.2, 0) is 6.54 Å². The van der Waals surface area contributed by atoms with Crippen LogP contribution in [0.2, 0.25) is 0 Å². The summed E-state index contributed by atoms with van der Waals surface area (Å²) in [6, 6.07) is 12.4. The van der Waals surface area contributed by atoms with Gasteiger partial charge in [0.25, 0.3) is 0 Å². The summed E-state index contributed by atoms with van der Waals surface area (Å²) in [6.07, 6.45) is 0. The third-order valence-electron chi connectivity index (χ3n) is 2.82. The van der Waals surface area contributed by atoms with Crippen LogP contribution in [-0.4, -0.2) is 6.04 Å². The number of nitrogens with one attached hydrogen (secondary N) is 1. The Labute approximate surface area is 150 Å². The van der Waals surface area contributed by atoms with E-state index >= 15 is 0 Å². The van der Waals surface area contributed by atoms with Crippen molar-refractivity contribution in [3.8, 4) is 11.5 Å². The zero-order chi connectivity index (χ0) is 15.4. The number of hydrogen-bond donors (Lipinski definition) is 1. The Hall–Kier alpha value is -0.360. The van der Waals surface area contributed by atoms with Crippen molar-refractivity contribution < 1.29 is 4.74 Å². The molecule has 2 rings (SSSR count). The Kier molecular flexibility index (Phi) is 6.29. The Bertz CT molecular complexity index is 629. The van der Waals surface area contributed by atoms with E-state index in [0.717, 1.165) is 31.5 Å². The average Bonchev–Trinajstić information content (AvgIpc) is 2.42. The molecule has 0 atom stereocenters. The van der Waals surface area contributed by atoms with Gasteiger partial charge in [0.05, 0.1) is 8.95 Å². The fourth-order valence-corrected chi connectivity index (χ4v) is 3.37. The second-order valence-corrected chi connectivity index (χ2v) is 7.60. The number of hydrogen-bond acceptors (Lipinski definition) is 2. The van der Waals surface area contributed by atoms with Crippen LogP contribution in [0.5, 0.6) is 11.5 Å². The topological polar surface area (TPSA) is 21.3 Å². The van der Waals surface area contributed by atoms with Gasteiger partial charge in [-0.15, -0.1) is 0 Å². The van der Waals surface area contributed by atoms with Crippen molar-refractivity contribution in [1.29, 1.82) is 0 Å². The Balaban J connectivity index is 2.13. The van der Waals surface area contributed by atoms with Crippen LogP contribution in [0.3, 0.4) is 0 Å². The molecule has 0 heterocycles. The molecule has 112 valence electrons. The van der Waals surface area contributed by atoms with Crippen molar-refractivity contribution in [3.63, 3.8) is 0 Å². The molecule has 0 aliphatic carbocycles. The largest absolute Gasteiger partial charge is 0.455 e. The predicted molar refractivity (Wildman–Crippen MR) is 98.0 cm³/mol. The van der Waals surface area contributed by atoms with Gasteiger partial charge in [-0.05, 0) is 67.8 Å². The molecule has 2 aromatic carbocycles. The van der Waals surface area contributed by atoms with Gasteiger partial charge in [-0.1, -0.05) is 35.8 Å². The molecule has 0 saturated carbocycles. The van der Waals surface area contributed by atoms with Crippen LogP contribution in [0, 0.1) is 0 Å². The summed E-state index contributed by atoms with van der Waals surface area (Å²) in [5.41, 5.74) is 1.22. The predicted octanol–water partition coefficient (Wildman–Crippen LogP) is 6.26. The summed E-state index contributed by atoms with van der Waals surface area (Å²) < 4.78 is 8.81. The highest BCUT2D eigenvalue weighted by molar-refractivity contribution is 9.11. The maximum Gasteiger partial charge on any atom is 0.141 e. The molecule has 0 aromatic heterocycles. The van der Waals surface area contributed by atoms with E-state index in [1.807, 2.05) is 24.3 Å². The first-order valence-electron chi connectivity index (χ1n) is 6.60. The van der Waals surface area contributed by atoms with E-state index in [9.17, 15) is 0 Å². The minimum atomic E-state index is 0.471. The molecule has 0 aliphatic heterocycles. The highest BCUT2D eigenvalue weighted by Crippen LogP contribution is 2.35. The molecule has 0 saturated heterocycles. The number of rotatable bonds is 5. The van der Waals surface area contributed by atoms with E-state index < -0.39 is 0 Å². The molecule has 0 radical (unpaired) electrons. The molecule has 0 spiro atoms. The van der Waals surface area contributed by atoms with Gasteiger partial charge in [-0.25, -0.2) is 0 Å². The number of benzene rings is 2. The first-order chi connectivity index (χ1) is 9.95. The van der Waals surface area contributed by atoms with Gasteiger partial charge in [0, 0.05) is 17.1 Å². The lowest BCUT2D eigenvalue weighted by Gasteiger charge is -2.12. The smallest absolute Gasteiger partial charge is 0.141 e. The normalized spacial score (nSPS) is 11.0. The highest BCUT2D eigenvalue weighted by Gasteiger charge is 2.07. The van der Waals surface area contributed by atoms with E-state index in [0.29, 0.717) is 6.04 Å². The van der Waals surface area contributed by atoms with E-state index in [1.165, 1.54) is 5.56 Å². The van der Waals surface area contributed by atoms with Crippen LogP contribution in [0.1, 0.15) is 19.4 Å². The monoisotopic (exact) mass is 475 g/mol. The molecule has 0 bridgehead atoms. The molecular weight excluding hydrogens is 462 g/mol. The van der Waals surface area contributed by atoms with Crippen LogP contribution < -0.4 is 10.1 Å². The number of ether oxygens (including phenoxy) is 1. The van der Waals surface area contributed by atoms with E-state index in [-0.39, 0.29) is 0 Å². The van der Waals surface area contributed by atoms with Gasteiger partial charge in [0.15, 0.2) is 0 Å². The molecule has 1 N–H and O–H groups in total. The fraction of sp³-hybridized carbons (Fsp3) is 0.250. The maximum absolute atomic E-state index is 5.94. The van der Waals surface area contributed by atoms with Crippen LogP contribution in [0.25, 0.3) is 0 Å². The Morgan fingerprint density at radius 3 is 2.14 bits per heavy atom. The number of halogens is 3. The van der Waals surface area contributed by atoms with E-state index in [1.54, 1.807) is 0 Å². The Morgan fingerprint density at radius 1 is 0.952 bits per heavy atom. The van der Waals surface area contributed by atoms with Crippen molar-refractivity contribution in [3.05, 3.63) is 55.4 Å². The molecule has 0 unspecified atom stereocenters. The first kappa shape index (κ1) is 17.0. The second kappa shape index (κ2) is 7.77. The zero-order valence-electron chi connectivity index (χ0n) is 11.8. The minimum Gasteiger partial charge on any atom is -0.455 e. The van der Waals surface area contributed by atoms with Crippen molar-refractivity contribution in [2.45, 2.75) is 26.4 Å². The van der Waals surface area contributed by atoms with Gasteiger partial charge < -0.3 is 10.1 Å². The summed E-state index contributed by atoms with van der Waals surface area (Å²) in [5.74, 6) is 1.58. The van der Waals surface area contributed by atoms with E-state index in [2.05, 4.69) is 79.1 Å². The summed E-state index contributed by atoms with van der Waals surface area (Å²) in [6.45, 7) is 5.12. The first-order valence-corrected chi connectivity index (χ1v) is 8.98. The molecule has 2 nitrogen and oxygen atoms in total. The molecule has 2 aromatic rings. The summed E-state index contributed by atoms with van der Waals surface area (Å²) in [7, 11) is 0. The van der Waals surface area contributed by atoms with Gasteiger partial charge in [0.1, 0.15) is 11.5 Å². The lowest BCUT2D eigenvalue weighted by atomic mass is 10.2. The molecule has 5 heteroatoms. The average molecular weight is 478 g/mol. The minimum absolute atomic E-state index is 0.471. The van der Waals surface area contributed by atoms with Crippen molar-refractivity contribution >= 4 is 47.8 Å². The quantitative estimate of drug-likeness (QED) is 0.548. The van der Waals surface area contributed by atoms with Crippen LogP contribution in [0.4, 0.5) is 0 Å². The van der Waals surface area contributed by atoms with Gasteiger partial charge in [-0.3, -0.25) is 0 Å². The zero-order valence-corrected chi connectivity index (χ0v) is 16.5. The van der Waals surface area contributed by atoms with Crippen molar-refractivity contribution in [2.75, 3.05) is 0 Å². The second-order valence-electron chi connectivity index (χ2n) is 4.98. The Morgan fingerprint density at radius 2 is 1.57 bits per heavy atom. The van der Waals surface area contributed by atoms with Crippen molar-refractivity contribution in [1.82, 2.24) is 5.32 Å². The molecular formula is C16H16Br3NO. The fourth-order valence-electron chi connectivity index (χ4n) is 1.74.